The lowest BCUT2D eigenvalue weighted by Crippen LogP contribution is -2.43. The highest BCUT2D eigenvalue weighted by molar-refractivity contribution is 5.76. The molecule has 4 nitrogen and oxygen atoms in total. The highest BCUT2D eigenvalue weighted by Gasteiger charge is 2.48. The molecule has 0 aromatic heterocycles. The van der Waals surface area contributed by atoms with Crippen LogP contribution in [0.15, 0.2) is 30.3 Å². The predicted molar refractivity (Wildman–Crippen MR) is 84.6 cm³/mol. The fourth-order valence-corrected chi connectivity index (χ4v) is 3.21. The van der Waals surface area contributed by atoms with Gasteiger partial charge in [-0.25, -0.2) is 8.78 Å². The summed E-state index contributed by atoms with van der Waals surface area (Å²) in [6.45, 7) is -0.375. The first-order valence-electron chi connectivity index (χ1n) is 7.96. The van der Waals surface area contributed by atoms with Gasteiger partial charge in [-0.2, -0.15) is 0 Å². The number of carbonyl (C=O) groups is 1. The van der Waals surface area contributed by atoms with Gasteiger partial charge in [0.2, 0.25) is 5.91 Å². The molecular weight excluding hydrogens is 302 g/mol. The minimum Gasteiger partial charge on any atom is -0.388 e. The number of nitrogens with zero attached hydrogens (tertiary/aromatic N) is 1. The third-order valence-electron chi connectivity index (χ3n) is 4.50. The summed E-state index contributed by atoms with van der Waals surface area (Å²) in [5.41, 5.74) is 1.16. The van der Waals surface area contributed by atoms with E-state index in [-0.39, 0.29) is 12.3 Å². The van der Waals surface area contributed by atoms with Crippen LogP contribution in [-0.4, -0.2) is 60.5 Å². The molecule has 23 heavy (non-hydrogen) atoms. The third-order valence-corrected chi connectivity index (χ3v) is 4.50. The van der Waals surface area contributed by atoms with Crippen molar-refractivity contribution in [3.63, 3.8) is 0 Å². The first kappa shape index (κ1) is 17.8. The zero-order valence-corrected chi connectivity index (χ0v) is 13.3. The Morgan fingerprint density at radius 1 is 1.30 bits per heavy atom. The van der Waals surface area contributed by atoms with E-state index in [0.717, 1.165) is 12.0 Å². The van der Waals surface area contributed by atoms with Crippen molar-refractivity contribution in [2.24, 2.45) is 0 Å². The number of aliphatic hydroxyl groups is 1. The van der Waals surface area contributed by atoms with Crippen molar-refractivity contribution >= 4 is 5.91 Å². The second kappa shape index (κ2) is 8.36. The number of hydrogen-bond donors (Lipinski definition) is 2. The Labute approximate surface area is 135 Å². The average molecular weight is 326 g/mol. The second-order valence-corrected chi connectivity index (χ2v) is 5.93. The van der Waals surface area contributed by atoms with E-state index in [9.17, 15) is 18.7 Å². The van der Waals surface area contributed by atoms with E-state index in [4.69, 9.17) is 0 Å². The predicted octanol–water partition coefficient (Wildman–Crippen LogP) is 1.48. The SMILES string of the molecule is CNC(=O)CC1C(F)C(O)C(CF)N1CCCc1ccccc1. The summed E-state index contributed by atoms with van der Waals surface area (Å²) >= 11 is 0. The maximum atomic E-state index is 14.3. The zero-order valence-electron chi connectivity index (χ0n) is 13.3. The summed E-state index contributed by atoms with van der Waals surface area (Å²) in [4.78, 5) is 13.2. The number of rotatable bonds is 7. The normalized spacial score (nSPS) is 28.0. The number of benzene rings is 1. The minimum absolute atomic E-state index is 0.0729. The molecule has 1 aliphatic rings. The van der Waals surface area contributed by atoms with Gasteiger partial charge >= 0.3 is 0 Å². The van der Waals surface area contributed by atoms with Gasteiger partial charge in [0, 0.05) is 13.5 Å². The Hall–Kier alpha value is -1.53. The zero-order chi connectivity index (χ0) is 16.8. The van der Waals surface area contributed by atoms with E-state index in [1.165, 1.54) is 7.05 Å². The van der Waals surface area contributed by atoms with Gasteiger partial charge in [-0.05, 0) is 24.9 Å². The van der Waals surface area contributed by atoms with Crippen LogP contribution < -0.4 is 5.32 Å². The summed E-state index contributed by atoms with van der Waals surface area (Å²) < 4.78 is 27.5. The lowest BCUT2D eigenvalue weighted by molar-refractivity contribution is -0.122. The van der Waals surface area contributed by atoms with E-state index in [1.54, 1.807) is 4.90 Å². The van der Waals surface area contributed by atoms with Gasteiger partial charge in [-0.1, -0.05) is 30.3 Å². The molecule has 0 bridgehead atoms. The Bertz CT molecular complexity index is 501. The van der Waals surface area contributed by atoms with Crippen molar-refractivity contribution in [3.05, 3.63) is 35.9 Å². The van der Waals surface area contributed by atoms with Crippen molar-refractivity contribution in [1.29, 1.82) is 0 Å². The van der Waals surface area contributed by atoms with E-state index in [2.05, 4.69) is 5.32 Å². The molecule has 1 amide bonds. The first-order valence-corrected chi connectivity index (χ1v) is 7.96. The van der Waals surface area contributed by atoms with Crippen molar-refractivity contribution in [2.45, 2.75) is 43.6 Å². The summed E-state index contributed by atoms with van der Waals surface area (Å²) in [6.07, 6.45) is -1.56. The molecule has 6 heteroatoms. The number of aryl methyl sites for hydroxylation is 1. The molecule has 1 heterocycles. The van der Waals surface area contributed by atoms with Gasteiger partial charge in [-0.15, -0.1) is 0 Å². The minimum atomic E-state index is -1.61. The van der Waals surface area contributed by atoms with Gasteiger partial charge in [0.05, 0.1) is 12.1 Å². The molecule has 1 fully saturated rings. The molecule has 0 saturated carbocycles. The van der Waals surface area contributed by atoms with Crippen LogP contribution in [0, 0.1) is 0 Å². The highest BCUT2D eigenvalue weighted by atomic mass is 19.1. The van der Waals surface area contributed by atoms with Crippen LogP contribution >= 0.6 is 0 Å². The lowest BCUT2D eigenvalue weighted by Gasteiger charge is -2.28. The Kier molecular flexibility index (Phi) is 6.47. The maximum Gasteiger partial charge on any atom is 0.221 e. The van der Waals surface area contributed by atoms with Crippen LogP contribution in [0.4, 0.5) is 8.78 Å². The summed E-state index contributed by atoms with van der Waals surface area (Å²) in [5, 5.41) is 12.4. The van der Waals surface area contributed by atoms with E-state index in [1.807, 2.05) is 30.3 Å². The number of likely N-dealkylation sites (tertiary alicyclic amines) is 1. The molecule has 0 spiro atoms. The quantitative estimate of drug-likeness (QED) is 0.798. The molecule has 4 atom stereocenters. The lowest BCUT2D eigenvalue weighted by atomic mass is 10.1. The van der Waals surface area contributed by atoms with Gasteiger partial charge in [0.15, 0.2) is 0 Å². The largest absolute Gasteiger partial charge is 0.388 e. The fraction of sp³-hybridized carbons (Fsp3) is 0.588. The Morgan fingerprint density at radius 3 is 2.61 bits per heavy atom. The molecule has 1 saturated heterocycles. The maximum absolute atomic E-state index is 14.3. The molecular formula is C17H24F2N2O2. The van der Waals surface area contributed by atoms with Crippen LogP contribution in [0.5, 0.6) is 0 Å². The standard InChI is InChI=1S/C17H24F2N2O2/c1-20-15(22)10-13-16(19)17(23)14(11-18)21(13)9-5-8-12-6-3-2-4-7-12/h2-4,6-7,13-14,16-17,23H,5,8-11H2,1H3,(H,20,22). The molecule has 4 unspecified atom stereocenters. The molecule has 128 valence electrons. The van der Waals surface area contributed by atoms with Crippen molar-refractivity contribution in [1.82, 2.24) is 10.2 Å². The van der Waals surface area contributed by atoms with Crippen LogP contribution in [-0.2, 0) is 11.2 Å². The number of hydrogen-bond acceptors (Lipinski definition) is 3. The number of nitrogens with one attached hydrogen (secondary N) is 1. The molecule has 2 rings (SSSR count). The van der Waals surface area contributed by atoms with Crippen LogP contribution in [0.2, 0.25) is 0 Å². The van der Waals surface area contributed by atoms with Crippen molar-refractivity contribution in [3.8, 4) is 0 Å². The topological polar surface area (TPSA) is 52.6 Å². The van der Waals surface area contributed by atoms with Crippen LogP contribution in [0.1, 0.15) is 18.4 Å². The number of carbonyl (C=O) groups excluding carboxylic acids is 1. The van der Waals surface area contributed by atoms with Crippen molar-refractivity contribution < 1.29 is 18.7 Å². The summed E-state index contributed by atoms with van der Waals surface area (Å²) in [7, 11) is 1.48. The highest BCUT2D eigenvalue weighted by Crippen LogP contribution is 2.30. The Morgan fingerprint density at radius 2 is 2.00 bits per heavy atom. The van der Waals surface area contributed by atoms with E-state index in [0.29, 0.717) is 13.0 Å². The Balaban J connectivity index is 2.00. The molecule has 1 aliphatic heterocycles. The van der Waals surface area contributed by atoms with Crippen molar-refractivity contribution in [2.75, 3.05) is 20.3 Å². The van der Waals surface area contributed by atoms with Crippen LogP contribution in [0.3, 0.4) is 0 Å². The molecule has 1 aromatic rings. The molecule has 0 aliphatic carbocycles. The smallest absolute Gasteiger partial charge is 0.221 e. The van der Waals surface area contributed by atoms with Crippen LogP contribution in [0.25, 0.3) is 0 Å². The molecule has 0 radical (unpaired) electrons. The molecule has 2 N–H and O–H groups in total. The summed E-state index contributed by atoms with van der Waals surface area (Å²) in [6, 6.07) is 8.19. The number of halogens is 2. The van der Waals surface area contributed by atoms with Gasteiger partial charge in [0.1, 0.15) is 19.0 Å². The third kappa shape index (κ3) is 4.26. The van der Waals surface area contributed by atoms with Gasteiger partial charge in [-0.3, -0.25) is 9.69 Å². The number of alkyl halides is 2. The van der Waals surface area contributed by atoms with E-state index >= 15 is 0 Å². The van der Waals surface area contributed by atoms with Gasteiger partial charge in [0.25, 0.3) is 0 Å². The number of aliphatic hydroxyl groups excluding tert-OH is 1. The monoisotopic (exact) mass is 326 g/mol. The fourth-order valence-electron chi connectivity index (χ4n) is 3.21. The first-order chi connectivity index (χ1) is 11.1. The second-order valence-electron chi connectivity index (χ2n) is 5.93. The average Bonchev–Trinajstić information content (AvgIpc) is 2.80. The van der Waals surface area contributed by atoms with E-state index < -0.39 is 31.0 Å². The number of amides is 1. The summed E-state index contributed by atoms with van der Waals surface area (Å²) in [5.74, 6) is -0.308. The molecule has 1 aromatic carbocycles. The van der Waals surface area contributed by atoms with Gasteiger partial charge < -0.3 is 10.4 Å².